The molecule has 1 heterocycles. The number of nitrogens with one attached hydrogen (secondary N) is 2. The summed E-state index contributed by atoms with van der Waals surface area (Å²) in [6.45, 7) is 7.85. The topological polar surface area (TPSA) is 44.4 Å². The van der Waals surface area contributed by atoms with Crippen LogP contribution >= 0.6 is 0 Å². The van der Waals surface area contributed by atoms with Crippen LogP contribution in [-0.2, 0) is 11.0 Å². The highest BCUT2D eigenvalue weighted by atomic mass is 19.4. The molecular weight excluding hydrogens is 331 g/mol. The number of carbonyl (C=O) groups excluding carboxylic acids is 1. The first-order valence-corrected chi connectivity index (χ1v) is 8.64. The Morgan fingerprint density at radius 2 is 1.92 bits per heavy atom. The molecule has 2 rings (SSSR count). The van der Waals surface area contributed by atoms with E-state index in [2.05, 4.69) is 29.4 Å². The van der Waals surface area contributed by atoms with Gasteiger partial charge in [0.2, 0.25) is 5.91 Å². The van der Waals surface area contributed by atoms with E-state index in [0.717, 1.165) is 31.8 Å². The molecule has 140 valence electrons. The van der Waals surface area contributed by atoms with Crippen LogP contribution in [0.1, 0.15) is 25.8 Å². The Balaban J connectivity index is 1.71. The number of hydrogen-bond acceptors (Lipinski definition) is 3. The molecule has 1 saturated heterocycles. The van der Waals surface area contributed by atoms with Gasteiger partial charge in [-0.3, -0.25) is 4.79 Å². The average molecular weight is 357 g/mol. The lowest BCUT2D eigenvalue weighted by Gasteiger charge is -2.34. The Morgan fingerprint density at radius 3 is 2.56 bits per heavy atom. The second-order valence-electron chi connectivity index (χ2n) is 6.99. The number of alkyl halides is 3. The molecule has 0 aromatic heterocycles. The predicted molar refractivity (Wildman–Crippen MR) is 92.3 cm³/mol. The highest BCUT2D eigenvalue weighted by molar-refractivity contribution is 5.80. The largest absolute Gasteiger partial charge is 0.416 e. The smallest absolute Gasteiger partial charge is 0.376 e. The van der Waals surface area contributed by atoms with E-state index in [0.29, 0.717) is 18.4 Å². The van der Waals surface area contributed by atoms with Crippen LogP contribution in [-0.4, -0.2) is 43.5 Å². The summed E-state index contributed by atoms with van der Waals surface area (Å²) in [5.74, 6) is 1.11. The monoisotopic (exact) mass is 357 g/mol. The van der Waals surface area contributed by atoms with Crippen LogP contribution in [0.25, 0.3) is 0 Å². The van der Waals surface area contributed by atoms with Crippen molar-refractivity contribution in [3.63, 3.8) is 0 Å². The van der Waals surface area contributed by atoms with E-state index in [1.807, 2.05) is 0 Å². The molecule has 1 fully saturated rings. The van der Waals surface area contributed by atoms with E-state index < -0.39 is 11.7 Å². The number of carbonyl (C=O) groups is 1. The van der Waals surface area contributed by atoms with E-state index >= 15 is 0 Å². The molecule has 1 amide bonds. The van der Waals surface area contributed by atoms with Crippen LogP contribution in [0.5, 0.6) is 0 Å². The number of hydrogen-bond donors (Lipinski definition) is 2. The summed E-state index contributed by atoms with van der Waals surface area (Å²) < 4.78 is 38.0. The number of rotatable bonds is 6. The fourth-order valence-corrected chi connectivity index (χ4v) is 3.38. The molecule has 2 atom stereocenters. The first kappa shape index (κ1) is 19.6. The maximum absolute atomic E-state index is 12.7. The molecule has 7 heteroatoms. The summed E-state index contributed by atoms with van der Waals surface area (Å²) in [6.07, 6.45) is -3.15. The Hall–Kier alpha value is -1.76. The van der Waals surface area contributed by atoms with Gasteiger partial charge >= 0.3 is 6.18 Å². The summed E-state index contributed by atoms with van der Waals surface area (Å²) >= 11 is 0. The van der Waals surface area contributed by atoms with Crippen LogP contribution in [0.3, 0.4) is 0 Å². The van der Waals surface area contributed by atoms with Crippen molar-refractivity contribution in [2.45, 2.75) is 26.4 Å². The minimum atomic E-state index is -4.39. The molecule has 1 aromatic carbocycles. The van der Waals surface area contributed by atoms with Crippen molar-refractivity contribution in [2.75, 3.05) is 38.0 Å². The molecule has 0 spiro atoms. The molecule has 1 aliphatic rings. The SMILES string of the molecule is CC1CC(C)CN(CCNC(=O)CNc2cccc(C(F)(F)F)c2)C1. The minimum Gasteiger partial charge on any atom is -0.376 e. The van der Waals surface area contributed by atoms with E-state index in [-0.39, 0.29) is 18.1 Å². The molecule has 2 unspecified atom stereocenters. The minimum absolute atomic E-state index is 0.0475. The molecular formula is C18H26F3N3O. The van der Waals surface area contributed by atoms with E-state index in [1.54, 1.807) is 0 Å². The van der Waals surface area contributed by atoms with Gasteiger partial charge in [-0.2, -0.15) is 13.2 Å². The lowest BCUT2D eigenvalue weighted by molar-refractivity contribution is -0.137. The van der Waals surface area contributed by atoms with Gasteiger partial charge in [-0.1, -0.05) is 19.9 Å². The van der Waals surface area contributed by atoms with Gasteiger partial charge in [-0.05, 0) is 36.5 Å². The highest BCUT2D eigenvalue weighted by Gasteiger charge is 2.30. The number of piperidine rings is 1. The van der Waals surface area contributed by atoms with Gasteiger partial charge in [0, 0.05) is 31.9 Å². The maximum atomic E-state index is 12.7. The fraction of sp³-hybridized carbons (Fsp3) is 0.611. The molecule has 0 saturated carbocycles. The molecule has 4 nitrogen and oxygen atoms in total. The highest BCUT2D eigenvalue weighted by Crippen LogP contribution is 2.30. The number of amides is 1. The van der Waals surface area contributed by atoms with Crippen LogP contribution in [0.2, 0.25) is 0 Å². The van der Waals surface area contributed by atoms with E-state index in [9.17, 15) is 18.0 Å². The number of halogens is 3. The summed E-state index contributed by atoms with van der Waals surface area (Å²) in [7, 11) is 0. The zero-order valence-corrected chi connectivity index (χ0v) is 14.7. The summed E-state index contributed by atoms with van der Waals surface area (Å²) in [5.41, 5.74) is -0.449. The summed E-state index contributed by atoms with van der Waals surface area (Å²) in [6, 6.07) is 4.84. The standard InChI is InChI=1S/C18H26F3N3O/c1-13-8-14(2)12-24(11-13)7-6-22-17(25)10-23-16-5-3-4-15(9-16)18(19,20)21/h3-5,9,13-14,23H,6-8,10-12H2,1-2H3,(H,22,25). The number of anilines is 1. The maximum Gasteiger partial charge on any atom is 0.416 e. The fourth-order valence-electron chi connectivity index (χ4n) is 3.38. The van der Waals surface area contributed by atoms with Crippen molar-refractivity contribution in [2.24, 2.45) is 11.8 Å². The Bertz CT molecular complexity index is 567. The van der Waals surface area contributed by atoms with Crippen LogP contribution in [0, 0.1) is 11.8 Å². The zero-order valence-electron chi connectivity index (χ0n) is 14.7. The second-order valence-corrected chi connectivity index (χ2v) is 6.99. The molecule has 1 aromatic rings. The third-order valence-electron chi connectivity index (χ3n) is 4.34. The van der Waals surface area contributed by atoms with Gasteiger partial charge in [0.1, 0.15) is 0 Å². The molecule has 0 aliphatic carbocycles. The third-order valence-corrected chi connectivity index (χ3v) is 4.34. The quantitative estimate of drug-likeness (QED) is 0.822. The Morgan fingerprint density at radius 1 is 1.24 bits per heavy atom. The first-order valence-electron chi connectivity index (χ1n) is 8.64. The average Bonchev–Trinajstić information content (AvgIpc) is 2.51. The van der Waals surface area contributed by atoms with Crippen molar-refractivity contribution in [1.29, 1.82) is 0 Å². The number of nitrogens with zero attached hydrogens (tertiary/aromatic N) is 1. The van der Waals surface area contributed by atoms with Gasteiger partial charge in [-0.25, -0.2) is 0 Å². The molecule has 2 N–H and O–H groups in total. The van der Waals surface area contributed by atoms with Gasteiger partial charge in [0.05, 0.1) is 12.1 Å². The Labute approximate surface area is 146 Å². The number of likely N-dealkylation sites (tertiary alicyclic amines) is 1. The van der Waals surface area contributed by atoms with Crippen molar-refractivity contribution < 1.29 is 18.0 Å². The van der Waals surface area contributed by atoms with E-state index in [1.165, 1.54) is 18.6 Å². The van der Waals surface area contributed by atoms with Gasteiger partial charge in [0.15, 0.2) is 0 Å². The summed E-state index contributed by atoms with van der Waals surface area (Å²) in [4.78, 5) is 14.2. The predicted octanol–water partition coefficient (Wildman–Crippen LogP) is 3.21. The van der Waals surface area contributed by atoms with Crippen molar-refractivity contribution >= 4 is 11.6 Å². The zero-order chi connectivity index (χ0) is 18.4. The Kier molecular flexibility index (Phi) is 6.70. The number of benzene rings is 1. The second kappa shape index (κ2) is 8.56. The van der Waals surface area contributed by atoms with E-state index in [4.69, 9.17) is 0 Å². The van der Waals surface area contributed by atoms with Crippen LogP contribution < -0.4 is 10.6 Å². The lowest BCUT2D eigenvalue weighted by atomic mass is 9.92. The third kappa shape index (κ3) is 6.57. The lowest BCUT2D eigenvalue weighted by Crippen LogP contribution is -2.43. The molecule has 0 radical (unpaired) electrons. The molecule has 25 heavy (non-hydrogen) atoms. The molecule has 0 bridgehead atoms. The summed E-state index contributed by atoms with van der Waals surface area (Å²) in [5, 5.41) is 5.54. The van der Waals surface area contributed by atoms with Crippen molar-refractivity contribution in [1.82, 2.24) is 10.2 Å². The van der Waals surface area contributed by atoms with Crippen LogP contribution in [0.15, 0.2) is 24.3 Å². The van der Waals surface area contributed by atoms with Crippen LogP contribution in [0.4, 0.5) is 18.9 Å². The molecule has 1 aliphatic heterocycles. The normalized spacial score (nSPS) is 21.8. The van der Waals surface area contributed by atoms with Crippen molar-refractivity contribution in [3.8, 4) is 0 Å². The van der Waals surface area contributed by atoms with Gasteiger partial charge < -0.3 is 15.5 Å². The first-order chi connectivity index (χ1) is 11.7. The van der Waals surface area contributed by atoms with Crippen molar-refractivity contribution in [3.05, 3.63) is 29.8 Å². The van der Waals surface area contributed by atoms with Gasteiger partial charge in [0.25, 0.3) is 0 Å². The van der Waals surface area contributed by atoms with Gasteiger partial charge in [-0.15, -0.1) is 0 Å².